The van der Waals surface area contributed by atoms with E-state index in [9.17, 15) is 9.59 Å². The number of halogens is 1. The molecule has 16 heavy (non-hydrogen) atoms. The van der Waals surface area contributed by atoms with E-state index in [2.05, 4.69) is 5.32 Å². The Bertz CT molecular complexity index is 435. The third kappa shape index (κ3) is 2.96. The minimum Gasteiger partial charge on any atom is -0.351 e. The minimum absolute atomic E-state index is 0.108. The number of hydrogen-bond donors (Lipinski definition) is 2. The molecule has 0 bridgehead atoms. The number of primary amides is 1. The highest BCUT2D eigenvalue weighted by molar-refractivity contribution is 7.16. The molecule has 0 aliphatic heterocycles. The molecule has 0 saturated heterocycles. The van der Waals surface area contributed by atoms with Gasteiger partial charge in [-0.05, 0) is 23.1 Å². The van der Waals surface area contributed by atoms with E-state index in [4.69, 9.17) is 17.3 Å². The summed E-state index contributed by atoms with van der Waals surface area (Å²) in [6.45, 7) is 6.03. The summed E-state index contributed by atoms with van der Waals surface area (Å²) in [5, 5.41) is 1.80. The third-order valence-corrected chi connectivity index (χ3v) is 3.77. The van der Waals surface area contributed by atoms with Crippen molar-refractivity contribution < 1.29 is 9.59 Å². The number of nitrogens with two attached hydrogens (primary N) is 1. The fraction of sp³-hybridized carbons (Fsp3) is 0.400. The third-order valence-electron chi connectivity index (χ3n) is 1.91. The van der Waals surface area contributed by atoms with Crippen molar-refractivity contribution in [2.24, 2.45) is 5.73 Å². The van der Waals surface area contributed by atoms with Gasteiger partial charge in [0.1, 0.15) is 4.88 Å². The predicted molar refractivity (Wildman–Crippen MR) is 66.4 cm³/mol. The molecule has 0 unspecified atom stereocenters. The number of nitrogens with one attached hydrogen (secondary N) is 1. The van der Waals surface area contributed by atoms with Crippen molar-refractivity contribution in [3.63, 3.8) is 0 Å². The summed E-state index contributed by atoms with van der Waals surface area (Å²) in [7, 11) is 0. The second kappa shape index (κ2) is 4.43. The summed E-state index contributed by atoms with van der Waals surface area (Å²) in [4.78, 5) is 23.2. The Kier molecular flexibility index (Phi) is 3.60. The van der Waals surface area contributed by atoms with Crippen LogP contribution in [0, 0.1) is 0 Å². The fourth-order valence-electron chi connectivity index (χ4n) is 1.13. The van der Waals surface area contributed by atoms with Crippen LogP contribution in [0.15, 0.2) is 6.07 Å². The van der Waals surface area contributed by atoms with E-state index in [1.54, 1.807) is 6.07 Å². The van der Waals surface area contributed by atoms with E-state index >= 15 is 0 Å². The molecular weight excluding hydrogens is 248 g/mol. The van der Waals surface area contributed by atoms with Gasteiger partial charge in [-0.3, -0.25) is 4.79 Å². The van der Waals surface area contributed by atoms with Crippen molar-refractivity contribution >= 4 is 39.9 Å². The monoisotopic (exact) mass is 260 g/mol. The SMILES string of the molecule is CC(C)(C)c1cc(NC(N)=O)c(C(=O)Cl)s1. The van der Waals surface area contributed by atoms with Crippen LogP contribution in [0.2, 0.25) is 0 Å². The van der Waals surface area contributed by atoms with Crippen LogP contribution in [0.25, 0.3) is 0 Å². The Morgan fingerprint density at radius 2 is 2.00 bits per heavy atom. The molecule has 88 valence electrons. The van der Waals surface area contributed by atoms with Crippen LogP contribution >= 0.6 is 22.9 Å². The molecule has 0 saturated carbocycles. The van der Waals surface area contributed by atoms with Gasteiger partial charge in [-0.2, -0.15) is 0 Å². The van der Waals surface area contributed by atoms with E-state index < -0.39 is 11.3 Å². The lowest BCUT2D eigenvalue weighted by molar-refractivity contribution is 0.108. The maximum Gasteiger partial charge on any atom is 0.316 e. The lowest BCUT2D eigenvalue weighted by Crippen LogP contribution is -2.19. The summed E-state index contributed by atoms with van der Waals surface area (Å²) < 4.78 is 0. The van der Waals surface area contributed by atoms with Gasteiger partial charge in [0.15, 0.2) is 0 Å². The topological polar surface area (TPSA) is 72.2 Å². The maximum atomic E-state index is 11.2. The smallest absolute Gasteiger partial charge is 0.316 e. The van der Waals surface area contributed by atoms with Crippen molar-refractivity contribution in [3.05, 3.63) is 15.8 Å². The number of carbonyl (C=O) groups excluding carboxylic acids is 2. The first-order chi connectivity index (χ1) is 7.21. The molecule has 0 atom stereocenters. The summed E-state index contributed by atoms with van der Waals surface area (Å²) in [6, 6.07) is 1.02. The van der Waals surface area contributed by atoms with Crippen LogP contribution in [0.1, 0.15) is 35.3 Å². The van der Waals surface area contributed by atoms with Crippen LogP contribution in [-0.4, -0.2) is 11.3 Å². The summed E-state index contributed by atoms with van der Waals surface area (Å²) in [5.41, 5.74) is 5.28. The molecule has 4 nitrogen and oxygen atoms in total. The van der Waals surface area contributed by atoms with Gasteiger partial charge in [-0.15, -0.1) is 11.3 Å². The van der Waals surface area contributed by atoms with Gasteiger partial charge >= 0.3 is 6.03 Å². The molecule has 3 N–H and O–H groups in total. The van der Waals surface area contributed by atoms with Crippen molar-refractivity contribution in [1.82, 2.24) is 0 Å². The minimum atomic E-state index is -0.711. The Labute approximate surface area is 103 Å². The van der Waals surface area contributed by atoms with Crippen molar-refractivity contribution in [2.45, 2.75) is 26.2 Å². The molecule has 0 radical (unpaired) electrons. The summed E-state index contributed by atoms with van der Waals surface area (Å²) >= 11 is 6.70. The maximum absolute atomic E-state index is 11.2. The lowest BCUT2D eigenvalue weighted by Gasteiger charge is -2.15. The first-order valence-electron chi connectivity index (χ1n) is 4.62. The number of amides is 2. The quantitative estimate of drug-likeness (QED) is 0.803. The van der Waals surface area contributed by atoms with Gasteiger partial charge in [-0.25, -0.2) is 4.79 Å². The Morgan fingerprint density at radius 1 is 1.44 bits per heavy atom. The number of anilines is 1. The molecule has 1 heterocycles. The first-order valence-corrected chi connectivity index (χ1v) is 5.82. The zero-order valence-electron chi connectivity index (χ0n) is 9.26. The highest BCUT2D eigenvalue weighted by Crippen LogP contribution is 2.36. The molecular formula is C10H13ClN2O2S. The molecule has 0 fully saturated rings. The van der Waals surface area contributed by atoms with Gasteiger partial charge in [0, 0.05) is 4.88 Å². The van der Waals surface area contributed by atoms with Crippen LogP contribution < -0.4 is 11.1 Å². The van der Waals surface area contributed by atoms with Gasteiger partial charge < -0.3 is 11.1 Å². The second-order valence-electron chi connectivity index (χ2n) is 4.37. The Morgan fingerprint density at radius 3 is 2.38 bits per heavy atom. The molecule has 0 aliphatic rings. The van der Waals surface area contributed by atoms with Crippen molar-refractivity contribution in [1.29, 1.82) is 0 Å². The van der Waals surface area contributed by atoms with Crippen LogP contribution in [0.3, 0.4) is 0 Å². The number of rotatable bonds is 2. The molecule has 0 aromatic carbocycles. The van der Waals surface area contributed by atoms with Gasteiger partial charge in [0.05, 0.1) is 5.69 Å². The van der Waals surface area contributed by atoms with E-state index in [1.165, 1.54) is 11.3 Å². The average Bonchev–Trinajstić information content (AvgIpc) is 2.45. The molecule has 0 spiro atoms. The Hall–Kier alpha value is -1.07. The fourth-order valence-corrected chi connectivity index (χ4v) is 2.35. The highest BCUT2D eigenvalue weighted by atomic mass is 35.5. The van der Waals surface area contributed by atoms with Gasteiger partial charge in [-0.1, -0.05) is 20.8 Å². The molecule has 1 rings (SSSR count). The van der Waals surface area contributed by atoms with Crippen molar-refractivity contribution in [3.8, 4) is 0 Å². The summed E-state index contributed by atoms with van der Waals surface area (Å²) in [5.74, 6) is 0. The normalized spacial score (nSPS) is 11.2. The highest BCUT2D eigenvalue weighted by Gasteiger charge is 2.22. The molecule has 1 aromatic heterocycles. The second-order valence-corrected chi connectivity index (χ2v) is 5.76. The number of urea groups is 1. The van der Waals surface area contributed by atoms with Gasteiger partial charge in [0.2, 0.25) is 0 Å². The Balaban J connectivity index is 3.20. The van der Waals surface area contributed by atoms with E-state index in [-0.39, 0.29) is 5.41 Å². The molecule has 6 heteroatoms. The molecule has 1 aromatic rings. The van der Waals surface area contributed by atoms with E-state index in [1.807, 2.05) is 20.8 Å². The number of thiophene rings is 1. The van der Waals surface area contributed by atoms with Crippen molar-refractivity contribution in [2.75, 3.05) is 5.32 Å². The van der Waals surface area contributed by atoms with Crippen LogP contribution in [0.4, 0.5) is 10.5 Å². The lowest BCUT2D eigenvalue weighted by atomic mass is 9.94. The number of carbonyl (C=O) groups is 2. The standard InChI is InChI=1S/C10H13ClN2O2S/c1-10(2,3)6-4-5(13-9(12)15)7(16-6)8(11)14/h4H,1-3H3,(H3,12,13,15). The molecule has 0 aliphatic carbocycles. The van der Waals surface area contributed by atoms with E-state index in [0.717, 1.165) is 4.88 Å². The largest absolute Gasteiger partial charge is 0.351 e. The zero-order valence-corrected chi connectivity index (χ0v) is 10.8. The zero-order chi connectivity index (χ0) is 12.5. The number of hydrogen-bond acceptors (Lipinski definition) is 3. The summed E-state index contributed by atoms with van der Waals surface area (Å²) in [6.07, 6.45) is 0. The molecule has 2 amide bonds. The van der Waals surface area contributed by atoms with Gasteiger partial charge in [0.25, 0.3) is 5.24 Å². The average molecular weight is 261 g/mol. The van der Waals surface area contributed by atoms with Crippen LogP contribution in [0.5, 0.6) is 0 Å². The predicted octanol–water partition coefficient (Wildman–Crippen LogP) is 2.92. The van der Waals surface area contributed by atoms with Crippen LogP contribution in [-0.2, 0) is 5.41 Å². The first kappa shape index (κ1) is 13.0. The van der Waals surface area contributed by atoms with E-state index in [0.29, 0.717) is 10.6 Å².